The summed E-state index contributed by atoms with van der Waals surface area (Å²) in [6.07, 6.45) is 1.65. The summed E-state index contributed by atoms with van der Waals surface area (Å²) in [6, 6.07) is 5.56. The molecule has 14 heavy (non-hydrogen) atoms. The topological polar surface area (TPSA) is 55.5 Å². The Balaban J connectivity index is 3.28. The molecule has 0 fully saturated rings. The second kappa shape index (κ2) is 4.00. The van der Waals surface area contributed by atoms with E-state index in [9.17, 15) is 4.21 Å². The summed E-state index contributed by atoms with van der Waals surface area (Å²) >= 11 is 0. The second-order valence-corrected chi connectivity index (χ2v) is 6.08. The summed E-state index contributed by atoms with van der Waals surface area (Å²) in [6.45, 7) is 3.82. The maximum Gasteiger partial charge on any atom is 0.0961 e. The van der Waals surface area contributed by atoms with Gasteiger partial charge >= 0.3 is 0 Å². The van der Waals surface area contributed by atoms with Gasteiger partial charge in [-0.15, -0.1) is 0 Å². The maximum atomic E-state index is 11.8. The van der Waals surface area contributed by atoms with Gasteiger partial charge in [-0.05, 0) is 24.6 Å². The lowest BCUT2D eigenvalue weighted by Gasteiger charge is -2.04. The van der Waals surface area contributed by atoms with Gasteiger partial charge in [0.15, 0.2) is 0 Å². The SMILES string of the molecule is CCS(C)(=O)=Nc1cc(C)ccc1N. The molecule has 0 aliphatic heterocycles. The van der Waals surface area contributed by atoms with Crippen molar-refractivity contribution in [3.05, 3.63) is 23.8 Å². The molecule has 0 amide bonds. The molecule has 0 aliphatic rings. The minimum Gasteiger partial charge on any atom is -0.397 e. The molecule has 2 N–H and O–H groups in total. The van der Waals surface area contributed by atoms with Crippen molar-refractivity contribution in [1.29, 1.82) is 0 Å². The first-order valence-electron chi connectivity index (χ1n) is 4.50. The van der Waals surface area contributed by atoms with Crippen molar-refractivity contribution >= 4 is 21.1 Å². The van der Waals surface area contributed by atoms with Crippen LogP contribution in [0.2, 0.25) is 0 Å². The third kappa shape index (κ3) is 2.73. The van der Waals surface area contributed by atoms with Crippen molar-refractivity contribution in [3.8, 4) is 0 Å². The first-order chi connectivity index (χ1) is 6.44. The number of nitrogen functional groups attached to an aromatic ring is 1. The molecule has 1 atom stereocenters. The molecule has 0 bridgehead atoms. The van der Waals surface area contributed by atoms with Crippen molar-refractivity contribution in [2.75, 3.05) is 17.7 Å². The highest BCUT2D eigenvalue weighted by molar-refractivity contribution is 7.93. The van der Waals surface area contributed by atoms with Crippen LogP contribution in [0.4, 0.5) is 11.4 Å². The fraction of sp³-hybridized carbons (Fsp3) is 0.400. The summed E-state index contributed by atoms with van der Waals surface area (Å²) in [4.78, 5) is 0. The molecule has 1 rings (SSSR count). The van der Waals surface area contributed by atoms with E-state index in [1.165, 1.54) is 0 Å². The Morgan fingerprint density at radius 3 is 2.71 bits per heavy atom. The third-order valence-corrected chi connectivity index (χ3v) is 3.67. The molecule has 4 heteroatoms. The quantitative estimate of drug-likeness (QED) is 0.765. The lowest BCUT2D eigenvalue weighted by molar-refractivity contribution is 0.681. The van der Waals surface area contributed by atoms with Crippen molar-refractivity contribution in [2.45, 2.75) is 13.8 Å². The number of rotatable bonds is 2. The van der Waals surface area contributed by atoms with Gasteiger partial charge in [0.25, 0.3) is 0 Å². The number of aryl methyl sites for hydroxylation is 1. The monoisotopic (exact) mass is 212 g/mol. The van der Waals surface area contributed by atoms with E-state index in [0.29, 0.717) is 17.1 Å². The lowest BCUT2D eigenvalue weighted by Crippen LogP contribution is -1.98. The highest BCUT2D eigenvalue weighted by Gasteiger charge is 2.01. The van der Waals surface area contributed by atoms with Crippen LogP contribution in [0.15, 0.2) is 22.6 Å². The van der Waals surface area contributed by atoms with E-state index in [2.05, 4.69) is 4.36 Å². The summed E-state index contributed by atoms with van der Waals surface area (Å²) in [5.74, 6) is 0.542. The van der Waals surface area contributed by atoms with E-state index in [-0.39, 0.29) is 0 Å². The fourth-order valence-electron chi connectivity index (χ4n) is 1.01. The molecule has 78 valence electrons. The Labute approximate surface area is 85.5 Å². The first kappa shape index (κ1) is 11.0. The Kier molecular flexibility index (Phi) is 3.16. The molecule has 0 aliphatic carbocycles. The van der Waals surface area contributed by atoms with Gasteiger partial charge in [-0.1, -0.05) is 13.0 Å². The number of hydrogen-bond acceptors (Lipinski definition) is 3. The van der Waals surface area contributed by atoms with Crippen molar-refractivity contribution < 1.29 is 4.21 Å². The van der Waals surface area contributed by atoms with Crippen molar-refractivity contribution in [2.24, 2.45) is 4.36 Å². The normalized spacial score (nSPS) is 14.8. The Hall–Kier alpha value is -1.03. The largest absolute Gasteiger partial charge is 0.397 e. The van der Waals surface area contributed by atoms with Gasteiger partial charge in [0.05, 0.1) is 11.4 Å². The molecule has 1 aromatic rings. The lowest BCUT2D eigenvalue weighted by atomic mass is 10.2. The van der Waals surface area contributed by atoms with Gasteiger partial charge in [-0.3, -0.25) is 0 Å². The van der Waals surface area contributed by atoms with E-state index in [4.69, 9.17) is 5.73 Å². The van der Waals surface area contributed by atoms with Crippen LogP contribution in [0.1, 0.15) is 12.5 Å². The Bertz CT molecular complexity index is 445. The highest BCUT2D eigenvalue weighted by atomic mass is 32.2. The van der Waals surface area contributed by atoms with E-state index in [1.54, 1.807) is 12.3 Å². The van der Waals surface area contributed by atoms with Crippen LogP contribution in [-0.4, -0.2) is 16.2 Å². The zero-order valence-electron chi connectivity index (χ0n) is 8.78. The second-order valence-electron chi connectivity index (χ2n) is 3.40. The average molecular weight is 212 g/mol. The van der Waals surface area contributed by atoms with Crippen LogP contribution < -0.4 is 5.73 Å². The van der Waals surface area contributed by atoms with Crippen LogP contribution in [0.5, 0.6) is 0 Å². The van der Waals surface area contributed by atoms with Gasteiger partial charge in [0, 0.05) is 21.7 Å². The van der Waals surface area contributed by atoms with E-state index in [0.717, 1.165) is 5.56 Å². The van der Waals surface area contributed by atoms with Crippen LogP contribution in [0.25, 0.3) is 0 Å². The molecule has 0 spiro atoms. The number of nitrogens with two attached hydrogens (primary N) is 1. The average Bonchev–Trinajstić information content (AvgIpc) is 2.11. The summed E-state index contributed by atoms with van der Waals surface area (Å²) in [5, 5.41) is 0. The summed E-state index contributed by atoms with van der Waals surface area (Å²) < 4.78 is 15.9. The number of anilines is 1. The molecule has 1 unspecified atom stereocenters. The van der Waals surface area contributed by atoms with Gasteiger partial charge < -0.3 is 5.73 Å². The zero-order valence-corrected chi connectivity index (χ0v) is 9.60. The number of nitrogens with zero attached hydrogens (tertiary/aromatic N) is 1. The Morgan fingerprint density at radius 1 is 1.50 bits per heavy atom. The van der Waals surface area contributed by atoms with Gasteiger partial charge in [0.2, 0.25) is 0 Å². The molecule has 0 radical (unpaired) electrons. The van der Waals surface area contributed by atoms with Crippen LogP contribution in [0, 0.1) is 6.92 Å². The minimum absolute atomic E-state index is 0.542. The van der Waals surface area contributed by atoms with E-state index in [1.807, 2.05) is 26.0 Å². The van der Waals surface area contributed by atoms with E-state index >= 15 is 0 Å². The predicted molar refractivity (Wildman–Crippen MR) is 62.3 cm³/mol. The van der Waals surface area contributed by atoms with Gasteiger partial charge in [0.1, 0.15) is 0 Å². The van der Waals surface area contributed by atoms with Crippen LogP contribution >= 0.6 is 0 Å². The summed E-state index contributed by atoms with van der Waals surface area (Å²) in [7, 11) is -2.12. The fourth-order valence-corrected chi connectivity index (χ4v) is 1.71. The predicted octanol–water partition coefficient (Wildman–Crippen LogP) is 2.33. The van der Waals surface area contributed by atoms with Gasteiger partial charge in [-0.2, -0.15) is 4.36 Å². The zero-order chi connectivity index (χ0) is 10.8. The third-order valence-electron chi connectivity index (χ3n) is 2.01. The number of hydrogen-bond donors (Lipinski definition) is 1. The molecule has 0 heterocycles. The van der Waals surface area contributed by atoms with E-state index < -0.39 is 9.73 Å². The number of benzene rings is 1. The first-order valence-corrected chi connectivity index (χ1v) is 6.60. The standard InChI is InChI=1S/C10H16N2OS/c1-4-14(3,13)12-10-7-8(2)5-6-9(10)11/h5-7H,4,11H2,1-3H3. The Morgan fingerprint density at radius 2 is 2.14 bits per heavy atom. The van der Waals surface area contributed by atoms with Crippen LogP contribution in [0.3, 0.4) is 0 Å². The molecule has 0 aromatic heterocycles. The van der Waals surface area contributed by atoms with Crippen molar-refractivity contribution in [1.82, 2.24) is 0 Å². The summed E-state index contributed by atoms with van der Waals surface area (Å²) in [5.41, 5.74) is 8.03. The minimum atomic E-state index is -2.12. The van der Waals surface area contributed by atoms with Crippen molar-refractivity contribution in [3.63, 3.8) is 0 Å². The maximum absolute atomic E-state index is 11.8. The molecular formula is C10H16N2OS. The highest BCUT2D eigenvalue weighted by Crippen LogP contribution is 2.24. The van der Waals surface area contributed by atoms with Gasteiger partial charge in [-0.25, -0.2) is 4.21 Å². The smallest absolute Gasteiger partial charge is 0.0961 e. The van der Waals surface area contributed by atoms with Crippen LogP contribution in [-0.2, 0) is 9.73 Å². The molecular weight excluding hydrogens is 196 g/mol. The molecule has 1 aromatic carbocycles. The molecule has 0 saturated heterocycles. The molecule has 0 saturated carbocycles. The molecule has 3 nitrogen and oxygen atoms in total.